The SMILES string of the molecule is CCC[C@H](NC(=O)COC(=O)c1ccco1)c1ccccc1. The van der Waals surface area contributed by atoms with Gasteiger partial charge in [-0.1, -0.05) is 43.7 Å². The van der Waals surface area contributed by atoms with Gasteiger partial charge in [0, 0.05) is 0 Å². The van der Waals surface area contributed by atoms with Crippen molar-refractivity contribution in [1.29, 1.82) is 0 Å². The molecule has 5 heteroatoms. The van der Waals surface area contributed by atoms with Gasteiger partial charge in [0.2, 0.25) is 5.76 Å². The molecular formula is C17H19NO4. The van der Waals surface area contributed by atoms with Gasteiger partial charge in [0.25, 0.3) is 5.91 Å². The van der Waals surface area contributed by atoms with Crippen molar-refractivity contribution in [3.63, 3.8) is 0 Å². The van der Waals surface area contributed by atoms with Crippen LogP contribution in [0.2, 0.25) is 0 Å². The summed E-state index contributed by atoms with van der Waals surface area (Å²) in [5.74, 6) is -0.893. The van der Waals surface area contributed by atoms with E-state index in [2.05, 4.69) is 12.2 Å². The van der Waals surface area contributed by atoms with Crippen LogP contribution in [0.25, 0.3) is 0 Å². The van der Waals surface area contributed by atoms with Crippen molar-refractivity contribution >= 4 is 11.9 Å². The van der Waals surface area contributed by atoms with E-state index in [1.54, 1.807) is 6.07 Å². The Morgan fingerprint density at radius 3 is 2.59 bits per heavy atom. The minimum atomic E-state index is -0.646. The lowest BCUT2D eigenvalue weighted by molar-refractivity contribution is -0.125. The molecule has 0 spiro atoms. The summed E-state index contributed by atoms with van der Waals surface area (Å²) in [4.78, 5) is 23.6. The third kappa shape index (κ3) is 4.48. The van der Waals surface area contributed by atoms with Crippen LogP contribution < -0.4 is 5.32 Å². The second-order valence-electron chi connectivity index (χ2n) is 4.87. The topological polar surface area (TPSA) is 68.5 Å². The van der Waals surface area contributed by atoms with E-state index >= 15 is 0 Å². The molecule has 0 aliphatic heterocycles. The number of hydrogen-bond donors (Lipinski definition) is 1. The summed E-state index contributed by atoms with van der Waals surface area (Å²) in [6.45, 7) is 1.73. The van der Waals surface area contributed by atoms with Crippen molar-refractivity contribution < 1.29 is 18.7 Å². The summed E-state index contributed by atoms with van der Waals surface area (Å²) in [5, 5.41) is 2.89. The van der Waals surface area contributed by atoms with Crippen LogP contribution in [0, 0.1) is 0 Å². The second kappa shape index (κ2) is 8.02. The van der Waals surface area contributed by atoms with Crippen molar-refractivity contribution in [2.75, 3.05) is 6.61 Å². The first-order valence-corrected chi connectivity index (χ1v) is 7.25. The van der Waals surface area contributed by atoms with Crippen molar-refractivity contribution in [2.24, 2.45) is 0 Å². The molecule has 5 nitrogen and oxygen atoms in total. The number of furan rings is 1. The highest BCUT2D eigenvalue weighted by molar-refractivity contribution is 5.88. The maximum absolute atomic E-state index is 12.0. The molecule has 0 saturated carbocycles. The molecule has 0 aliphatic carbocycles. The molecule has 1 atom stereocenters. The van der Waals surface area contributed by atoms with Gasteiger partial charge in [0.1, 0.15) is 0 Å². The molecule has 0 bridgehead atoms. The van der Waals surface area contributed by atoms with Crippen LogP contribution in [0.5, 0.6) is 0 Å². The first-order valence-electron chi connectivity index (χ1n) is 7.25. The molecular weight excluding hydrogens is 282 g/mol. The second-order valence-corrected chi connectivity index (χ2v) is 4.87. The van der Waals surface area contributed by atoms with Crippen LogP contribution >= 0.6 is 0 Å². The Kier molecular flexibility index (Phi) is 5.77. The fourth-order valence-corrected chi connectivity index (χ4v) is 2.13. The monoisotopic (exact) mass is 301 g/mol. The molecule has 1 aromatic heterocycles. The number of carbonyl (C=O) groups is 2. The normalized spacial score (nSPS) is 11.7. The van der Waals surface area contributed by atoms with Crippen LogP contribution in [0.1, 0.15) is 41.9 Å². The smallest absolute Gasteiger partial charge is 0.374 e. The van der Waals surface area contributed by atoms with Gasteiger partial charge in [0.05, 0.1) is 12.3 Å². The quantitative estimate of drug-likeness (QED) is 0.798. The number of benzene rings is 1. The summed E-state index contributed by atoms with van der Waals surface area (Å²) in [7, 11) is 0. The van der Waals surface area contributed by atoms with Crippen molar-refractivity contribution in [3.8, 4) is 0 Å². The summed E-state index contributed by atoms with van der Waals surface area (Å²) in [5.41, 5.74) is 1.04. The molecule has 0 saturated heterocycles. The number of carbonyl (C=O) groups excluding carboxylic acids is 2. The van der Waals surface area contributed by atoms with Gasteiger partial charge in [-0.25, -0.2) is 4.79 Å². The highest BCUT2D eigenvalue weighted by Gasteiger charge is 2.16. The first-order chi connectivity index (χ1) is 10.7. The predicted molar refractivity (Wildman–Crippen MR) is 81.2 cm³/mol. The van der Waals surface area contributed by atoms with Crippen molar-refractivity contribution in [3.05, 3.63) is 60.1 Å². The zero-order chi connectivity index (χ0) is 15.8. The zero-order valence-corrected chi connectivity index (χ0v) is 12.5. The summed E-state index contributed by atoms with van der Waals surface area (Å²) in [6.07, 6.45) is 3.14. The van der Waals surface area contributed by atoms with Crippen LogP contribution in [0.3, 0.4) is 0 Å². The number of hydrogen-bond acceptors (Lipinski definition) is 4. The van der Waals surface area contributed by atoms with Gasteiger partial charge in [0.15, 0.2) is 6.61 Å². The number of nitrogens with one attached hydrogen (secondary N) is 1. The number of rotatable bonds is 7. The van der Waals surface area contributed by atoms with Crippen molar-refractivity contribution in [2.45, 2.75) is 25.8 Å². The third-order valence-corrected chi connectivity index (χ3v) is 3.17. The van der Waals surface area contributed by atoms with E-state index in [1.807, 2.05) is 30.3 Å². The lowest BCUT2D eigenvalue weighted by Crippen LogP contribution is -2.32. The molecule has 2 rings (SSSR count). The molecule has 0 aliphatic rings. The summed E-state index contributed by atoms with van der Waals surface area (Å²) in [6, 6.07) is 12.7. The van der Waals surface area contributed by atoms with Crippen LogP contribution in [-0.4, -0.2) is 18.5 Å². The zero-order valence-electron chi connectivity index (χ0n) is 12.5. The Labute approximate surface area is 129 Å². The fourth-order valence-electron chi connectivity index (χ4n) is 2.13. The Balaban J connectivity index is 1.87. The van der Waals surface area contributed by atoms with E-state index in [-0.39, 0.29) is 24.3 Å². The summed E-state index contributed by atoms with van der Waals surface area (Å²) < 4.78 is 9.83. The largest absolute Gasteiger partial charge is 0.457 e. The predicted octanol–water partition coefficient (Wildman–Crippen LogP) is 3.09. The van der Waals surface area contributed by atoms with Crippen LogP contribution in [0.15, 0.2) is 53.1 Å². The van der Waals surface area contributed by atoms with Gasteiger partial charge >= 0.3 is 5.97 Å². The van der Waals surface area contributed by atoms with E-state index in [4.69, 9.17) is 9.15 Å². The van der Waals surface area contributed by atoms with Gasteiger partial charge in [-0.15, -0.1) is 0 Å². The average Bonchev–Trinajstić information content (AvgIpc) is 3.07. The van der Waals surface area contributed by atoms with Crippen LogP contribution in [0.4, 0.5) is 0 Å². The molecule has 1 heterocycles. The molecule has 116 valence electrons. The number of amides is 1. The molecule has 1 N–H and O–H groups in total. The number of ether oxygens (including phenoxy) is 1. The van der Waals surface area contributed by atoms with Crippen molar-refractivity contribution in [1.82, 2.24) is 5.32 Å². The molecule has 1 amide bonds. The lowest BCUT2D eigenvalue weighted by Gasteiger charge is -2.18. The van der Waals surface area contributed by atoms with Gasteiger partial charge in [-0.05, 0) is 24.1 Å². The van der Waals surface area contributed by atoms with Crippen LogP contribution in [-0.2, 0) is 9.53 Å². The van der Waals surface area contributed by atoms with E-state index < -0.39 is 5.97 Å². The molecule has 22 heavy (non-hydrogen) atoms. The molecule has 0 unspecified atom stereocenters. The molecule has 0 fully saturated rings. The Morgan fingerprint density at radius 2 is 1.95 bits per heavy atom. The van der Waals surface area contributed by atoms with E-state index in [9.17, 15) is 9.59 Å². The standard InChI is InChI=1S/C17H19NO4/c1-2-7-14(13-8-4-3-5-9-13)18-16(19)12-22-17(20)15-10-6-11-21-15/h3-6,8-11,14H,2,7,12H2,1H3,(H,18,19)/t14-/m0/s1. The maximum Gasteiger partial charge on any atom is 0.374 e. The third-order valence-electron chi connectivity index (χ3n) is 3.17. The van der Waals surface area contributed by atoms with E-state index in [0.717, 1.165) is 18.4 Å². The van der Waals surface area contributed by atoms with Gasteiger partial charge in [-0.3, -0.25) is 4.79 Å². The van der Waals surface area contributed by atoms with E-state index in [0.29, 0.717) is 0 Å². The Hall–Kier alpha value is -2.56. The Morgan fingerprint density at radius 1 is 1.18 bits per heavy atom. The van der Waals surface area contributed by atoms with E-state index in [1.165, 1.54) is 12.3 Å². The minimum Gasteiger partial charge on any atom is -0.457 e. The van der Waals surface area contributed by atoms with Gasteiger partial charge in [-0.2, -0.15) is 0 Å². The molecule has 1 aromatic carbocycles. The maximum atomic E-state index is 12.0. The first kappa shape index (κ1) is 15.8. The number of esters is 1. The highest BCUT2D eigenvalue weighted by atomic mass is 16.5. The fraction of sp³-hybridized carbons (Fsp3) is 0.294. The minimum absolute atomic E-state index is 0.0824. The highest BCUT2D eigenvalue weighted by Crippen LogP contribution is 2.17. The lowest BCUT2D eigenvalue weighted by atomic mass is 10.0. The average molecular weight is 301 g/mol. The molecule has 0 radical (unpaired) electrons. The molecule has 2 aromatic rings. The summed E-state index contributed by atoms with van der Waals surface area (Å²) >= 11 is 0. The Bertz CT molecular complexity index is 592. The van der Waals surface area contributed by atoms with Gasteiger partial charge < -0.3 is 14.5 Å².